The summed E-state index contributed by atoms with van der Waals surface area (Å²) in [6.07, 6.45) is 2.16. The summed E-state index contributed by atoms with van der Waals surface area (Å²) >= 11 is 0. The van der Waals surface area contributed by atoms with E-state index in [1.54, 1.807) is 0 Å². The number of likely N-dealkylation sites (N-methyl/N-ethyl adjacent to an activating group) is 1. The van der Waals surface area contributed by atoms with Crippen molar-refractivity contribution in [2.45, 2.75) is 51.6 Å². The summed E-state index contributed by atoms with van der Waals surface area (Å²) in [5.74, 6) is 0.656. The highest BCUT2D eigenvalue weighted by molar-refractivity contribution is 5.08. The monoisotopic (exact) mass is 240 g/mol. The molecule has 0 aliphatic carbocycles. The Labute approximate surface area is 106 Å². The highest BCUT2D eigenvalue weighted by Crippen LogP contribution is 2.45. The molecule has 0 bridgehead atoms. The SMILES string of the molecule is CC(C)C1(C)CN(C)C2(COC2)CC(C)(N)C1. The fraction of sp³-hybridized carbons (Fsp3) is 1.00. The minimum atomic E-state index is -0.0758. The van der Waals surface area contributed by atoms with Gasteiger partial charge in [-0.3, -0.25) is 4.90 Å². The predicted octanol–water partition coefficient (Wildman–Crippen LogP) is 1.86. The highest BCUT2D eigenvalue weighted by Gasteiger charge is 2.52. The average Bonchev–Trinajstić information content (AvgIpc) is 2.17. The lowest BCUT2D eigenvalue weighted by Gasteiger charge is -2.50. The quantitative estimate of drug-likeness (QED) is 0.760. The molecule has 2 N–H and O–H groups in total. The standard InChI is InChI=1S/C14H28N2O/c1-11(2)12(3)6-13(4,15)7-14(9-17-10-14)16(5)8-12/h11H,6-10,15H2,1-5H3. The smallest absolute Gasteiger partial charge is 0.0693 e. The van der Waals surface area contributed by atoms with E-state index < -0.39 is 0 Å². The Morgan fingerprint density at radius 1 is 1.18 bits per heavy atom. The molecule has 0 aromatic rings. The van der Waals surface area contributed by atoms with Crippen LogP contribution in [0, 0.1) is 11.3 Å². The van der Waals surface area contributed by atoms with Gasteiger partial charge in [-0.1, -0.05) is 20.8 Å². The molecule has 2 aliphatic rings. The van der Waals surface area contributed by atoms with Gasteiger partial charge >= 0.3 is 0 Å². The van der Waals surface area contributed by atoms with Gasteiger partial charge in [0.1, 0.15) is 0 Å². The lowest BCUT2D eigenvalue weighted by Crippen LogP contribution is -2.63. The first-order chi connectivity index (χ1) is 7.69. The van der Waals surface area contributed by atoms with E-state index in [0.29, 0.717) is 11.3 Å². The van der Waals surface area contributed by atoms with Crippen LogP contribution >= 0.6 is 0 Å². The van der Waals surface area contributed by atoms with E-state index in [2.05, 4.69) is 39.6 Å². The van der Waals surface area contributed by atoms with Crippen LogP contribution < -0.4 is 5.73 Å². The Balaban J connectivity index is 2.28. The zero-order valence-corrected chi connectivity index (χ0v) is 12.0. The minimum absolute atomic E-state index is 0.0758. The number of nitrogens with zero attached hydrogens (tertiary/aromatic N) is 1. The van der Waals surface area contributed by atoms with E-state index >= 15 is 0 Å². The van der Waals surface area contributed by atoms with Crippen molar-refractivity contribution in [1.29, 1.82) is 0 Å². The van der Waals surface area contributed by atoms with Crippen LogP contribution in [0.3, 0.4) is 0 Å². The summed E-state index contributed by atoms with van der Waals surface area (Å²) in [4.78, 5) is 2.51. The van der Waals surface area contributed by atoms with Crippen LogP contribution in [0.4, 0.5) is 0 Å². The molecular weight excluding hydrogens is 212 g/mol. The topological polar surface area (TPSA) is 38.5 Å². The summed E-state index contributed by atoms with van der Waals surface area (Å²) in [5.41, 5.74) is 6.99. The highest BCUT2D eigenvalue weighted by atomic mass is 16.5. The van der Waals surface area contributed by atoms with Crippen LogP contribution in [0.5, 0.6) is 0 Å². The molecule has 2 atom stereocenters. The molecule has 100 valence electrons. The third kappa shape index (κ3) is 2.25. The molecule has 2 heterocycles. The molecule has 2 fully saturated rings. The second-order valence-corrected chi connectivity index (χ2v) is 7.39. The largest absolute Gasteiger partial charge is 0.377 e. The van der Waals surface area contributed by atoms with Crippen LogP contribution in [-0.4, -0.2) is 42.8 Å². The molecule has 0 radical (unpaired) electrons. The van der Waals surface area contributed by atoms with E-state index in [1.807, 2.05) is 0 Å². The summed E-state index contributed by atoms with van der Waals surface area (Å²) in [5, 5.41) is 0. The number of likely N-dealkylation sites (tertiary alicyclic amines) is 1. The summed E-state index contributed by atoms with van der Waals surface area (Å²) in [6, 6.07) is 0. The maximum absolute atomic E-state index is 6.56. The van der Waals surface area contributed by atoms with Crippen molar-refractivity contribution < 1.29 is 4.74 Å². The Kier molecular flexibility index (Phi) is 3.08. The molecule has 0 amide bonds. The normalized spacial score (nSPS) is 42.5. The van der Waals surface area contributed by atoms with Crippen molar-refractivity contribution in [3.8, 4) is 0 Å². The summed E-state index contributed by atoms with van der Waals surface area (Å²) < 4.78 is 5.47. The zero-order chi connectivity index (χ0) is 12.9. The average molecular weight is 240 g/mol. The predicted molar refractivity (Wildman–Crippen MR) is 71.0 cm³/mol. The first-order valence-electron chi connectivity index (χ1n) is 6.77. The number of hydrogen-bond acceptors (Lipinski definition) is 3. The van der Waals surface area contributed by atoms with Crippen LogP contribution in [0.1, 0.15) is 40.5 Å². The van der Waals surface area contributed by atoms with Crippen molar-refractivity contribution in [2.24, 2.45) is 17.1 Å². The number of nitrogens with two attached hydrogens (primary N) is 1. The van der Waals surface area contributed by atoms with Crippen molar-refractivity contribution >= 4 is 0 Å². The number of ether oxygens (including phenoxy) is 1. The van der Waals surface area contributed by atoms with E-state index in [1.165, 1.54) is 0 Å². The fourth-order valence-electron chi connectivity index (χ4n) is 3.68. The van der Waals surface area contributed by atoms with Gasteiger partial charge in [-0.15, -0.1) is 0 Å². The van der Waals surface area contributed by atoms with E-state index in [4.69, 9.17) is 10.5 Å². The molecule has 1 spiro atoms. The molecule has 0 aromatic carbocycles. The minimum Gasteiger partial charge on any atom is -0.377 e. The lowest BCUT2D eigenvalue weighted by molar-refractivity contribution is -0.142. The summed E-state index contributed by atoms with van der Waals surface area (Å²) in [7, 11) is 2.24. The van der Waals surface area contributed by atoms with Gasteiger partial charge in [-0.25, -0.2) is 0 Å². The van der Waals surface area contributed by atoms with Gasteiger partial charge in [0.05, 0.1) is 18.8 Å². The van der Waals surface area contributed by atoms with E-state index in [-0.39, 0.29) is 11.1 Å². The molecule has 0 saturated carbocycles. The molecule has 2 aliphatic heterocycles. The molecule has 2 saturated heterocycles. The zero-order valence-electron chi connectivity index (χ0n) is 12.0. The molecule has 3 heteroatoms. The van der Waals surface area contributed by atoms with Gasteiger partial charge < -0.3 is 10.5 Å². The number of rotatable bonds is 1. The number of hydrogen-bond donors (Lipinski definition) is 1. The van der Waals surface area contributed by atoms with Crippen molar-refractivity contribution in [1.82, 2.24) is 4.90 Å². The van der Waals surface area contributed by atoms with Gasteiger partial charge in [-0.2, -0.15) is 0 Å². The van der Waals surface area contributed by atoms with Gasteiger partial charge in [0.2, 0.25) is 0 Å². The first kappa shape index (κ1) is 13.3. The second-order valence-electron chi connectivity index (χ2n) is 7.39. The van der Waals surface area contributed by atoms with Crippen molar-refractivity contribution in [3.63, 3.8) is 0 Å². The Bertz CT molecular complexity index is 297. The van der Waals surface area contributed by atoms with E-state index in [0.717, 1.165) is 32.6 Å². The van der Waals surface area contributed by atoms with Crippen molar-refractivity contribution in [3.05, 3.63) is 0 Å². The van der Waals surface area contributed by atoms with Gasteiger partial charge in [0, 0.05) is 12.1 Å². The van der Waals surface area contributed by atoms with Crippen LogP contribution in [-0.2, 0) is 4.74 Å². The first-order valence-corrected chi connectivity index (χ1v) is 6.77. The molecule has 2 rings (SSSR count). The maximum atomic E-state index is 6.56. The van der Waals surface area contributed by atoms with Gasteiger partial charge in [0.15, 0.2) is 0 Å². The summed E-state index contributed by atoms with van der Waals surface area (Å²) in [6.45, 7) is 12.1. The maximum Gasteiger partial charge on any atom is 0.0693 e. The van der Waals surface area contributed by atoms with Crippen LogP contribution in [0.25, 0.3) is 0 Å². The van der Waals surface area contributed by atoms with Gasteiger partial charge in [0.25, 0.3) is 0 Å². The Hall–Kier alpha value is -0.120. The van der Waals surface area contributed by atoms with Gasteiger partial charge in [-0.05, 0) is 38.1 Å². The molecule has 17 heavy (non-hydrogen) atoms. The third-order valence-electron chi connectivity index (χ3n) is 5.08. The Morgan fingerprint density at radius 3 is 2.18 bits per heavy atom. The molecule has 3 nitrogen and oxygen atoms in total. The third-order valence-corrected chi connectivity index (χ3v) is 5.08. The van der Waals surface area contributed by atoms with E-state index in [9.17, 15) is 0 Å². The van der Waals surface area contributed by atoms with Crippen LogP contribution in [0.2, 0.25) is 0 Å². The van der Waals surface area contributed by atoms with Crippen molar-refractivity contribution in [2.75, 3.05) is 26.8 Å². The molecule has 2 unspecified atom stereocenters. The second kappa shape index (κ2) is 3.94. The Morgan fingerprint density at radius 2 is 1.76 bits per heavy atom. The molecular formula is C14H28N2O. The van der Waals surface area contributed by atoms with Crippen LogP contribution in [0.15, 0.2) is 0 Å². The fourth-order valence-corrected chi connectivity index (χ4v) is 3.68. The lowest BCUT2D eigenvalue weighted by atomic mass is 9.70. The molecule has 0 aromatic heterocycles.